The Bertz CT molecular complexity index is 521. The van der Waals surface area contributed by atoms with Gasteiger partial charge in [0.05, 0.1) is 17.6 Å². The quantitative estimate of drug-likeness (QED) is 0.842. The predicted octanol–water partition coefficient (Wildman–Crippen LogP) is 3.39. The average Bonchev–Trinajstić information content (AvgIpc) is 2.35. The normalized spacial score (nSPS) is 20.4. The number of hydrogen-bond acceptors (Lipinski definition) is 4. The van der Waals surface area contributed by atoms with Crippen LogP contribution in [-0.2, 0) is 4.74 Å². The third-order valence-corrected chi connectivity index (χ3v) is 3.83. The fourth-order valence-corrected chi connectivity index (χ4v) is 2.60. The summed E-state index contributed by atoms with van der Waals surface area (Å²) in [5.74, 6) is 0.406. The molecule has 1 aliphatic rings. The van der Waals surface area contributed by atoms with Crippen LogP contribution in [0.5, 0.6) is 11.5 Å². The van der Waals surface area contributed by atoms with Gasteiger partial charge in [-0.25, -0.2) is 4.79 Å². The maximum Gasteiger partial charge on any atom is 0.407 e. The first-order chi connectivity index (χ1) is 8.85. The number of halogens is 2. The lowest BCUT2D eigenvalue weighted by molar-refractivity contribution is 0.0386. The van der Waals surface area contributed by atoms with Crippen molar-refractivity contribution in [2.24, 2.45) is 5.41 Å². The van der Waals surface area contributed by atoms with Crippen LogP contribution in [0.2, 0.25) is 0 Å². The molecule has 0 saturated carbocycles. The van der Waals surface area contributed by atoms with Crippen LogP contribution in [-0.4, -0.2) is 24.9 Å². The standard InChI is InChI=1S/C13H16BrNO4.ClH/c1-13(2)6-19-12(17)15-11(13)7-4-8(14)10(16)9(5-7)18-3;/h4-5,11,16H,6H2,1-3H3,(H,15,17);1H/t11-;/m0./s1. The number of phenols is 1. The Morgan fingerprint density at radius 2 is 2.15 bits per heavy atom. The van der Waals surface area contributed by atoms with Crippen molar-refractivity contribution in [1.82, 2.24) is 5.32 Å². The molecule has 1 heterocycles. The van der Waals surface area contributed by atoms with Crippen LogP contribution in [0.25, 0.3) is 0 Å². The number of cyclic esters (lactones) is 1. The molecular weight excluding hydrogens is 350 g/mol. The van der Waals surface area contributed by atoms with Crippen LogP contribution in [0.15, 0.2) is 16.6 Å². The summed E-state index contributed by atoms with van der Waals surface area (Å²) in [4.78, 5) is 11.4. The molecule has 0 radical (unpaired) electrons. The summed E-state index contributed by atoms with van der Waals surface area (Å²) in [5.41, 5.74) is 0.596. The highest BCUT2D eigenvalue weighted by atomic mass is 79.9. The third-order valence-electron chi connectivity index (χ3n) is 3.22. The number of ether oxygens (including phenoxy) is 2. The van der Waals surface area contributed by atoms with Gasteiger partial charge in [0, 0.05) is 5.41 Å². The lowest BCUT2D eigenvalue weighted by Crippen LogP contribution is -2.46. The molecular formula is C13H17BrClNO4. The van der Waals surface area contributed by atoms with Gasteiger partial charge in [-0.3, -0.25) is 0 Å². The Hall–Kier alpha value is -1.14. The molecule has 1 fully saturated rings. The Kier molecular flexibility index (Phi) is 5.15. The van der Waals surface area contributed by atoms with Crippen LogP contribution in [0.4, 0.5) is 4.79 Å². The largest absolute Gasteiger partial charge is 0.503 e. The van der Waals surface area contributed by atoms with E-state index in [4.69, 9.17) is 9.47 Å². The van der Waals surface area contributed by atoms with Crippen molar-refractivity contribution in [2.45, 2.75) is 19.9 Å². The average molecular weight is 367 g/mol. The van der Waals surface area contributed by atoms with E-state index in [-0.39, 0.29) is 29.6 Å². The maximum atomic E-state index is 11.4. The number of methoxy groups -OCH3 is 1. The van der Waals surface area contributed by atoms with E-state index in [1.165, 1.54) is 7.11 Å². The van der Waals surface area contributed by atoms with E-state index in [9.17, 15) is 9.90 Å². The molecule has 2 rings (SSSR count). The van der Waals surface area contributed by atoms with E-state index in [2.05, 4.69) is 21.2 Å². The zero-order chi connectivity index (χ0) is 14.2. The highest BCUT2D eigenvalue weighted by Crippen LogP contribution is 2.42. The minimum Gasteiger partial charge on any atom is -0.503 e. The number of carbonyl (C=O) groups excluding carboxylic acids is 1. The minimum absolute atomic E-state index is 0. The van der Waals surface area contributed by atoms with Gasteiger partial charge in [0.2, 0.25) is 0 Å². The first-order valence-electron chi connectivity index (χ1n) is 5.85. The number of aromatic hydroxyl groups is 1. The number of amides is 1. The Balaban J connectivity index is 0.00000200. The van der Waals surface area contributed by atoms with E-state index in [1.54, 1.807) is 12.1 Å². The molecule has 1 amide bonds. The second-order valence-corrected chi connectivity index (χ2v) is 6.05. The molecule has 112 valence electrons. The number of phenolic OH excluding ortho intramolecular Hbond substituents is 1. The van der Waals surface area contributed by atoms with Crippen molar-refractivity contribution >= 4 is 34.4 Å². The first-order valence-corrected chi connectivity index (χ1v) is 6.64. The van der Waals surface area contributed by atoms with Crippen LogP contribution >= 0.6 is 28.3 Å². The summed E-state index contributed by atoms with van der Waals surface area (Å²) in [6.45, 7) is 4.35. The summed E-state index contributed by atoms with van der Waals surface area (Å²) in [6.07, 6.45) is -0.438. The van der Waals surface area contributed by atoms with Gasteiger partial charge >= 0.3 is 6.09 Å². The molecule has 1 aliphatic heterocycles. The topological polar surface area (TPSA) is 67.8 Å². The Labute approximate surface area is 132 Å². The van der Waals surface area contributed by atoms with Crippen molar-refractivity contribution in [2.75, 3.05) is 13.7 Å². The lowest BCUT2D eigenvalue weighted by atomic mass is 9.80. The SMILES string of the molecule is COc1cc([C@@H]2NC(=O)OCC2(C)C)cc(Br)c1O.Cl. The highest BCUT2D eigenvalue weighted by Gasteiger charge is 2.38. The van der Waals surface area contributed by atoms with E-state index in [0.29, 0.717) is 16.8 Å². The van der Waals surface area contributed by atoms with Crippen LogP contribution in [0, 0.1) is 5.41 Å². The molecule has 20 heavy (non-hydrogen) atoms. The molecule has 2 N–H and O–H groups in total. The monoisotopic (exact) mass is 365 g/mol. The summed E-state index contributed by atoms with van der Waals surface area (Å²) >= 11 is 3.28. The molecule has 1 saturated heterocycles. The van der Waals surface area contributed by atoms with Crippen molar-refractivity contribution in [3.8, 4) is 11.5 Å². The van der Waals surface area contributed by atoms with Gasteiger partial charge < -0.3 is 19.9 Å². The van der Waals surface area contributed by atoms with Crippen molar-refractivity contribution < 1.29 is 19.4 Å². The maximum absolute atomic E-state index is 11.4. The molecule has 0 bridgehead atoms. The van der Waals surface area contributed by atoms with Gasteiger partial charge in [0.1, 0.15) is 6.61 Å². The molecule has 0 unspecified atom stereocenters. The lowest BCUT2D eigenvalue weighted by Gasteiger charge is -2.38. The van der Waals surface area contributed by atoms with Gasteiger partial charge in [-0.2, -0.15) is 0 Å². The summed E-state index contributed by atoms with van der Waals surface area (Å²) in [5, 5.41) is 12.6. The molecule has 5 nitrogen and oxygen atoms in total. The Morgan fingerprint density at radius 3 is 2.75 bits per heavy atom. The van der Waals surface area contributed by atoms with E-state index in [1.807, 2.05) is 13.8 Å². The summed E-state index contributed by atoms with van der Waals surface area (Å²) in [6, 6.07) is 3.29. The van der Waals surface area contributed by atoms with Crippen molar-refractivity contribution in [3.63, 3.8) is 0 Å². The molecule has 1 aromatic carbocycles. The van der Waals surface area contributed by atoms with Gasteiger partial charge in [-0.1, -0.05) is 13.8 Å². The predicted molar refractivity (Wildman–Crippen MR) is 80.6 cm³/mol. The van der Waals surface area contributed by atoms with Crippen LogP contribution in [0.1, 0.15) is 25.5 Å². The van der Waals surface area contributed by atoms with E-state index in [0.717, 1.165) is 5.56 Å². The van der Waals surface area contributed by atoms with Crippen LogP contribution < -0.4 is 10.1 Å². The summed E-state index contributed by atoms with van der Waals surface area (Å²) in [7, 11) is 1.49. The molecule has 1 atom stereocenters. The molecule has 0 aromatic heterocycles. The molecule has 1 aromatic rings. The molecule has 7 heteroatoms. The van der Waals surface area contributed by atoms with Gasteiger partial charge in [-0.05, 0) is 33.6 Å². The number of nitrogens with one attached hydrogen (secondary N) is 1. The van der Waals surface area contributed by atoms with E-state index >= 15 is 0 Å². The number of alkyl carbamates (subject to hydrolysis) is 1. The third kappa shape index (κ3) is 3.12. The molecule has 0 spiro atoms. The van der Waals surface area contributed by atoms with Crippen molar-refractivity contribution in [3.05, 3.63) is 22.2 Å². The second kappa shape index (κ2) is 6.10. The second-order valence-electron chi connectivity index (χ2n) is 5.20. The van der Waals surface area contributed by atoms with Gasteiger partial charge in [0.15, 0.2) is 11.5 Å². The summed E-state index contributed by atoms with van der Waals surface area (Å²) < 4.78 is 10.7. The van der Waals surface area contributed by atoms with Gasteiger partial charge in [-0.15, -0.1) is 12.4 Å². The zero-order valence-corrected chi connectivity index (χ0v) is 13.8. The highest BCUT2D eigenvalue weighted by molar-refractivity contribution is 9.10. The number of rotatable bonds is 2. The zero-order valence-electron chi connectivity index (χ0n) is 11.4. The smallest absolute Gasteiger partial charge is 0.407 e. The van der Waals surface area contributed by atoms with E-state index < -0.39 is 6.09 Å². The number of carbonyl (C=O) groups is 1. The molecule has 0 aliphatic carbocycles. The first kappa shape index (κ1) is 16.9. The van der Waals surface area contributed by atoms with Crippen molar-refractivity contribution in [1.29, 1.82) is 0 Å². The fraction of sp³-hybridized carbons (Fsp3) is 0.462. The fourth-order valence-electron chi connectivity index (χ4n) is 2.14. The minimum atomic E-state index is -0.438. The van der Waals surface area contributed by atoms with Crippen LogP contribution in [0.3, 0.4) is 0 Å². The number of hydrogen-bond donors (Lipinski definition) is 2. The number of benzene rings is 1. The van der Waals surface area contributed by atoms with Gasteiger partial charge in [0.25, 0.3) is 0 Å². The Morgan fingerprint density at radius 1 is 1.50 bits per heavy atom.